The van der Waals surface area contributed by atoms with Crippen LogP contribution < -0.4 is 5.32 Å². The number of aliphatic hydroxyl groups excluding tert-OH is 1. The van der Waals surface area contributed by atoms with E-state index in [0.29, 0.717) is 12.2 Å². The van der Waals surface area contributed by atoms with Crippen molar-refractivity contribution in [1.82, 2.24) is 4.98 Å². The Kier molecular flexibility index (Phi) is 4.61. The second-order valence-electron chi connectivity index (χ2n) is 4.15. The molecule has 0 amide bonds. The number of hydrogen-bond acceptors (Lipinski definition) is 4. The van der Waals surface area contributed by atoms with Gasteiger partial charge in [-0.25, -0.2) is 4.98 Å². The lowest BCUT2D eigenvalue weighted by Gasteiger charge is -2.17. The summed E-state index contributed by atoms with van der Waals surface area (Å²) in [6.45, 7) is -0.0177. The standard InChI is InChI=1S/C13H13F3N2OS/c14-13(15,16)9-3-4-12(17-8-9)18-10(5-6-19)11-2-1-7-20-11/h1-4,7-8,10,19H,5-6H2,(H,17,18). The summed E-state index contributed by atoms with van der Waals surface area (Å²) < 4.78 is 37.3. The predicted molar refractivity (Wildman–Crippen MR) is 71.6 cm³/mol. The highest BCUT2D eigenvalue weighted by Gasteiger charge is 2.30. The van der Waals surface area contributed by atoms with Gasteiger partial charge >= 0.3 is 6.18 Å². The molecule has 0 aliphatic rings. The first-order valence-corrected chi connectivity index (χ1v) is 6.82. The van der Waals surface area contributed by atoms with Gasteiger partial charge in [-0.05, 0) is 30.0 Å². The third kappa shape index (κ3) is 3.71. The first kappa shape index (κ1) is 14.8. The van der Waals surface area contributed by atoms with Gasteiger partial charge in [0.25, 0.3) is 0 Å². The smallest absolute Gasteiger partial charge is 0.396 e. The fraction of sp³-hybridized carbons (Fsp3) is 0.308. The fourth-order valence-corrected chi connectivity index (χ4v) is 2.54. The monoisotopic (exact) mass is 302 g/mol. The molecule has 0 spiro atoms. The summed E-state index contributed by atoms with van der Waals surface area (Å²) in [5.74, 6) is 0.352. The lowest BCUT2D eigenvalue weighted by atomic mass is 10.1. The molecule has 0 saturated carbocycles. The molecule has 7 heteroatoms. The van der Waals surface area contributed by atoms with Crippen molar-refractivity contribution in [1.29, 1.82) is 0 Å². The molecule has 1 unspecified atom stereocenters. The second-order valence-corrected chi connectivity index (χ2v) is 5.13. The molecule has 0 aliphatic heterocycles. The minimum absolute atomic E-state index is 0.0177. The molecule has 2 rings (SSSR count). The van der Waals surface area contributed by atoms with Crippen LogP contribution in [0.4, 0.5) is 19.0 Å². The van der Waals surface area contributed by atoms with Gasteiger partial charge in [-0.15, -0.1) is 11.3 Å². The predicted octanol–water partition coefficient (Wildman–Crippen LogP) is 3.70. The van der Waals surface area contributed by atoms with Gasteiger partial charge in [0, 0.05) is 17.7 Å². The normalized spacial score (nSPS) is 13.2. The van der Waals surface area contributed by atoms with E-state index in [1.807, 2.05) is 17.5 Å². The third-order valence-electron chi connectivity index (χ3n) is 2.72. The molecular formula is C13H13F3N2OS. The first-order valence-electron chi connectivity index (χ1n) is 5.95. The minimum Gasteiger partial charge on any atom is -0.396 e. The Labute approximate surface area is 118 Å². The molecule has 0 saturated heterocycles. The molecule has 2 aromatic rings. The highest BCUT2D eigenvalue weighted by Crippen LogP contribution is 2.30. The molecule has 108 valence electrons. The summed E-state index contributed by atoms with van der Waals surface area (Å²) in [4.78, 5) is 4.77. The molecule has 0 aromatic carbocycles. The number of pyridine rings is 1. The van der Waals surface area contributed by atoms with Gasteiger partial charge in [0.1, 0.15) is 5.82 Å². The van der Waals surface area contributed by atoms with Crippen molar-refractivity contribution >= 4 is 17.2 Å². The van der Waals surface area contributed by atoms with Gasteiger partial charge in [0.05, 0.1) is 11.6 Å². The molecule has 0 fully saturated rings. The van der Waals surface area contributed by atoms with Crippen molar-refractivity contribution in [3.8, 4) is 0 Å². The van der Waals surface area contributed by atoms with Gasteiger partial charge in [-0.1, -0.05) is 6.07 Å². The van der Waals surface area contributed by atoms with Crippen molar-refractivity contribution in [3.05, 3.63) is 46.3 Å². The minimum atomic E-state index is -4.39. The van der Waals surface area contributed by atoms with Gasteiger partial charge < -0.3 is 10.4 Å². The number of hydrogen-bond donors (Lipinski definition) is 2. The lowest BCUT2D eigenvalue weighted by Crippen LogP contribution is -2.13. The van der Waals surface area contributed by atoms with Gasteiger partial charge in [0.2, 0.25) is 0 Å². The van der Waals surface area contributed by atoms with E-state index in [4.69, 9.17) is 5.11 Å². The molecule has 20 heavy (non-hydrogen) atoms. The maximum Gasteiger partial charge on any atom is 0.417 e. The summed E-state index contributed by atoms with van der Waals surface area (Å²) in [7, 11) is 0. The Bertz CT molecular complexity index is 526. The number of aromatic nitrogens is 1. The van der Waals surface area contributed by atoms with E-state index in [1.165, 1.54) is 17.4 Å². The zero-order chi connectivity index (χ0) is 14.6. The number of nitrogens with one attached hydrogen (secondary N) is 1. The maximum atomic E-state index is 12.4. The number of aliphatic hydroxyl groups is 1. The van der Waals surface area contributed by atoms with E-state index in [2.05, 4.69) is 10.3 Å². The summed E-state index contributed by atoms with van der Waals surface area (Å²) >= 11 is 1.52. The van der Waals surface area contributed by atoms with Crippen molar-refractivity contribution in [3.63, 3.8) is 0 Å². The molecule has 2 N–H and O–H groups in total. The van der Waals surface area contributed by atoms with E-state index in [-0.39, 0.29) is 12.6 Å². The number of nitrogens with zero attached hydrogens (tertiary/aromatic N) is 1. The van der Waals surface area contributed by atoms with Crippen LogP contribution in [0.15, 0.2) is 35.8 Å². The van der Waals surface area contributed by atoms with Crippen LogP contribution in [-0.2, 0) is 6.18 Å². The molecule has 0 aliphatic carbocycles. The SMILES string of the molecule is OCCC(Nc1ccc(C(F)(F)F)cn1)c1cccs1. The summed E-state index contributed by atoms with van der Waals surface area (Å²) in [6.07, 6.45) is -3.13. The van der Waals surface area contributed by atoms with Crippen LogP contribution in [0.1, 0.15) is 22.9 Å². The Balaban J connectivity index is 2.11. The number of thiophene rings is 1. The second kappa shape index (κ2) is 6.23. The average molecular weight is 302 g/mol. The molecular weight excluding hydrogens is 289 g/mol. The van der Waals surface area contributed by atoms with Crippen molar-refractivity contribution < 1.29 is 18.3 Å². The van der Waals surface area contributed by atoms with E-state index in [0.717, 1.165) is 17.1 Å². The zero-order valence-electron chi connectivity index (χ0n) is 10.4. The molecule has 0 radical (unpaired) electrons. The first-order chi connectivity index (χ1) is 9.50. The molecule has 2 heterocycles. The number of rotatable bonds is 5. The largest absolute Gasteiger partial charge is 0.417 e. The highest BCUT2D eigenvalue weighted by atomic mass is 32.1. The van der Waals surface area contributed by atoms with Gasteiger partial charge in [0.15, 0.2) is 0 Å². The van der Waals surface area contributed by atoms with Crippen LogP contribution in [0.3, 0.4) is 0 Å². The van der Waals surface area contributed by atoms with Crippen molar-refractivity contribution in [2.45, 2.75) is 18.6 Å². The van der Waals surface area contributed by atoms with Crippen LogP contribution in [0.25, 0.3) is 0 Å². The van der Waals surface area contributed by atoms with Crippen molar-refractivity contribution in [2.24, 2.45) is 0 Å². The third-order valence-corrected chi connectivity index (χ3v) is 3.70. The quantitative estimate of drug-likeness (QED) is 0.885. The Morgan fingerprint density at radius 1 is 1.30 bits per heavy atom. The van der Waals surface area contributed by atoms with Crippen LogP contribution in [0, 0.1) is 0 Å². The molecule has 0 bridgehead atoms. The lowest BCUT2D eigenvalue weighted by molar-refractivity contribution is -0.137. The Hall–Kier alpha value is -1.60. The average Bonchev–Trinajstić information content (AvgIpc) is 2.91. The zero-order valence-corrected chi connectivity index (χ0v) is 11.2. The van der Waals surface area contributed by atoms with Gasteiger partial charge in [-0.3, -0.25) is 0 Å². The Morgan fingerprint density at radius 3 is 2.60 bits per heavy atom. The van der Waals surface area contributed by atoms with Crippen LogP contribution in [-0.4, -0.2) is 16.7 Å². The fourth-order valence-electron chi connectivity index (χ4n) is 1.73. The van der Waals surface area contributed by atoms with E-state index >= 15 is 0 Å². The van der Waals surface area contributed by atoms with Crippen LogP contribution in [0.2, 0.25) is 0 Å². The van der Waals surface area contributed by atoms with Crippen LogP contribution >= 0.6 is 11.3 Å². The Morgan fingerprint density at radius 2 is 2.10 bits per heavy atom. The van der Waals surface area contributed by atoms with E-state index < -0.39 is 11.7 Å². The number of anilines is 1. The summed E-state index contributed by atoms with van der Waals surface area (Å²) in [5, 5.41) is 14.0. The topological polar surface area (TPSA) is 45.1 Å². The number of halogens is 3. The van der Waals surface area contributed by atoms with Gasteiger partial charge in [-0.2, -0.15) is 13.2 Å². The highest BCUT2D eigenvalue weighted by molar-refractivity contribution is 7.10. The van der Waals surface area contributed by atoms with E-state index in [9.17, 15) is 13.2 Å². The maximum absolute atomic E-state index is 12.4. The van der Waals surface area contributed by atoms with E-state index in [1.54, 1.807) is 0 Å². The van der Waals surface area contributed by atoms with Crippen molar-refractivity contribution in [2.75, 3.05) is 11.9 Å². The summed E-state index contributed by atoms with van der Waals surface area (Å²) in [6, 6.07) is 5.90. The molecule has 2 aromatic heterocycles. The summed E-state index contributed by atoms with van der Waals surface area (Å²) in [5.41, 5.74) is -0.780. The molecule has 1 atom stereocenters. The molecule has 3 nitrogen and oxygen atoms in total. The number of alkyl halides is 3. The van der Waals surface area contributed by atoms with Crippen LogP contribution in [0.5, 0.6) is 0 Å².